The first-order chi connectivity index (χ1) is 20.2. The number of allylic oxidation sites excluding steroid dienone is 9. The van der Waals surface area contributed by atoms with Gasteiger partial charge in [-0.1, -0.05) is 56.9 Å². The minimum atomic E-state index is 0.342. The molecule has 1 unspecified atom stereocenters. The molecule has 1 heterocycles. The van der Waals surface area contributed by atoms with Crippen LogP contribution in [0.2, 0.25) is 0 Å². The number of piperidine rings is 1. The van der Waals surface area contributed by atoms with Crippen LogP contribution in [-0.2, 0) is 0 Å². The van der Waals surface area contributed by atoms with E-state index in [1.54, 1.807) is 5.57 Å². The van der Waals surface area contributed by atoms with Crippen molar-refractivity contribution in [2.24, 2.45) is 21.8 Å². The van der Waals surface area contributed by atoms with Gasteiger partial charge in [0.25, 0.3) is 0 Å². The van der Waals surface area contributed by atoms with Gasteiger partial charge in [-0.2, -0.15) is 0 Å². The Morgan fingerprint density at radius 3 is 2.19 bits per heavy atom. The van der Waals surface area contributed by atoms with Gasteiger partial charge in [-0.05, 0) is 133 Å². The van der Waals surface area contributed by atoms with Gasteiger partial charge in [0.15, 0.2) is 0 Å². The lowest BCUT2D eigenvalue weighted by atomic mass is 9.83. The van der Waals surface area contributed by atoms with Crippen LogP contribution in [-0.4, -0.2) is 49.0 Å². The van der Waals surface area contributed by atoms with E-state index in [-0.39, 0.29) is 0 Å². The van der Waals surface area contributed by atoms with E-state index in [0.717, 1.165) is 53.7 Å². The molecule has 1 aliphatic heterocycles. The number of rotatable bonds is 14. The molecule has 0 aromatic carbocycles. The predicted molar refractivity (Wildman–Crippen MR) is 186 cm³/mol. The first-order valence-electron chi connectivity index (χ1n) is 16.8. The molecule has 2 saturated carbocycles. The minimum Gasteiger partial charge on any atom is -0.372 e. The molecule has 0 aromatic heterocycles. The zero-order chi connectivity index (χ0) is 30.6. The average molecular weight is 573 g/mol. The van der Waals surface area contributed by atoms with Crippen LogP contribution >= 0.6 is 0 Å². The highest BCUT2D eigenvalue weighted by Crippen LogP contribution is 2.31. The maximum Gasteiger partial charge on any atom is 0.0887 e. The van der Waals surface area contributed by atoms with Gasteiger partial charge in [0.05, 0.1) is 11.4 Å². The zero-order valence-corrected chi connectivity index (χ0v) is 28.3. The SMILES string of the molecule is C=C(C)/C(C)=C/C(=NC)C(=C/C(C)=C1CCC1)/N=C(\C(C)=C/C(=C\C)N1CCC(NCCC2CCC2)CC1)C(C)CC. The van der Waals surface area contributed by atoms with Gasteiger partial charge in [0.2, 0.25) is 0 Å². The second-order valence-corrected chi connectivity index (χ2v) is 13.0. The number of nitrogens with one attached hydrogen (secondary N) is 1. The smallest absolute Gasteiger partial charge is 0.0887 e. The quantitative estimate of drug-likeness (QED) is 0.166. The molecule has 3 rings (SSSR count). The molecule has 4 heteroatoms. The molecule has 1 saturated heterocycles. The van der Waals surface area contributed by atoms with E-state index in [4.69, 9.17) is 9.98 Å². The largest absolute Gasteiger partial charge is 0.372 e. The molecule has 0 amide bonds. The molecule has 2 aliphatic carbocycles. The highest BCUT2D eigenvalue weighted by atomic mass is 15.2. The van der Waals surface area contributed by atoms with Gasteiger partial charge in [0, 0.05) is 37.6 Å². The fraction of sp³-hybridized carbons (Fsp3) is 0.632. The van der Waals surface area contributed by atoms with Crippen LogP contribution in [0, 0.1) is 11.8 Å². The van der Waals surface area contributed by atoms with E-state index in [9.17, 15) is 0 Å². The normalized spacial score (nSPS) is 21.3. The Balaban J connectivity index is 1.84. The number of aliphatic imine (C=N–C) groups is 2. The molecule has 1 atom stereocenters. The number of nitrogens with zero attached hydrogens (tertiary/aromatic N) is 3. The molecule has 0 spiro atoms. The summed E-state index contributed by atoms with van der Waals surface area (Å²) in [5.41, 5.74) is 10.7. The van der Waals surface area contributed by atoms with Crippen molar-refractivity contribution in [1.82, 2.24) is 10.2 Å². The van der Waals surface area contributed by atoms with Crippen molar-refractivity contribution in [2.75, 3.05) is 26.7 Å². The van der Waals surface area contributed by atoms with Gasteiger partial charge in [-0.25, -0.2) is 0 Å². The Hall–Kier alpha value is -2.46. The molecule has 232 valence electrons. The summed E-state index contributed by atoms with van der Waals surface area (Å²) in [5, 5.41) is 3.86. The van der Waals surface area contributed by atoms with E-state index in [1.807, 2.05) is 7.05 Å². The summed E-state index contributed by atoms with van der Waals surface area (Å²) >= 11 is 0. The topological polar surface area (TPSA) is 40.0 Å². The first kappa shape index (κ1) is 34.0. The molecule has 4 nitrogen and oxygen atoms in total. The van der Waals surface area contributed by atoms with Gasteiger partial charge in [0.1, 0.15) is 0 Å². The molecular weight excluding hydrogens is 512 g/mol. The van der Waals surface area contributed by atoms with Crippen LogP contribution < -0.4 is 5.32 Å². The standard InChI is InChI=1S/C38H60N4/c1-10-28(5)38(41-37(26-30(7)33-16-13-17-33)36(39-9)25-29(6)27(3)4)31(8)24-35(11-2)42-22-19-34(20-23-42)40-21-18-32-14-12-15-32/h11,24-26,28,32,34,40H,3,10,12-23H2,1-2,4-9H3/b29-25+,31-24-,35-11+,37-26-,39-36?,41-38-. The summed E-state index contributed by atoms with van der Waals surface area (Å²) in [6.07, 6.45) is 21.9. The average Bonchev–Trinajstić information content (AvgIpc) is 2.92. The Morgan fingerprint density at radius 1 is 1.00 bits per heavy atom. The lowest BCUT2D eigenvalue weighted by molar-refractivity contribution is 0.235. The van der Waals surface area contributed by atoms with E-state index >= 15 is 0 Å². The highest BCUT2D eigenvalue weighted by molar-refractivity contribution is 6.12. The third-order valence-electron chi connectivity index (χ3n) is 9.85. The van der Waals surface area contributed by atoms with Crippen molar-refractivity contribution in [3.63, 3.8) is 0 Å². The number of hydrogen-bond acceptors (Lipinski definition) is 4. The minimum absolute atomic E-state index is 0.342. The van der Waals surface area contributed by atoms with Crippen LogP contribution in [0.15, 0.2) is 80.1 Å². The third-order valence-corrected chi connectivity index (χ3v) is 9.85. The molecule has 1 N–H and O–H groups in total. The summed E-state index contributed by atoms with van der Waals surface area (Å²) in [4.78, 5) is 12.7. The summed E-state index contributed by atoms with van der Waals surface area (Å²) < 4.78 is 0. The van der Waals surface area contributed by atoms with E-state index < -0.39 is 0 Å². The number of likely N-dealkylation sites (tertiary alicyclic amines) is 1. The monoisotopic (exact) mass is 572 g/mol. The van der Waals surface area contributed by atoms with Crippen molar-refractivity contribution < 1.29 is 0 Å². The second kappa shape index (κ2) is 17.0. The fourth-order valence-electron chi connectivity index (χ4n) is 5.98. The van der Waals surface area contributed by atoms with Crippen LogP contribution in [0.25, 0.3) is 0 Å². The van der Waals surface area contributed by atoms with Crippen molar-refractivity contribution in [1.29, 1.82) is 0 Å². The van der Waals surface area contributed by atoms with Crippen LogP contribution in [0.1, 0.15) is 113 Å². The van der Waals surface area contributed by atoms with Crippen molar-refractivity contribution >= 4 is 11.4 Å². The van der Waals surface area contributed by atoms with E-state index in [2.05, 4.69) is 89.6 Å². The lowest BCUT2D eigenvalue weighted by Crippen LogP contribution is -2.42. The molecule has 0 radical (unpaired) electrons. The Morgan fingerprint density at radius 2 is 1.69 bits per heavy atom. The third kappa shape index (κ3) is 9.79. The molecule has 0 bridgehead atoms. The zero-order valence-electron chi connectivity index (χ0n) is 28.3. The Bertz CT molecular complexity index is 1140. The molecule has 3 fully saturated rings. The summed E-state index contributed by atoms with van der Waals surface area (Å²) in [7, 11) is 1.88. The van der Waals surface area contributed by atoms with Crippen LogP contribution in [0.3, 0.4) is 0 Å². The maximum atomic E-state index is 5.43. The predicted octanol–water partition coefficient (Wildman–Crippen LogP) is 9.55. The van der Waals surface area contributed by atoms with Gasteiger partial charge < -0.3 is 10.2 Å². The van der Waals surface area contributed by atoms with Crippen molar-refractivity contribution in [3.8, 4) is 0 Å². The maximum absolute atomic E-state index is 5.43. The van der Waals surface area contributed by atoms with E-state index in [0.29, 0.717) is 12.0 Å². The summed E-state index contributed by atoms with van der Waals surface area (Å²) in [6, 6.07) is 0.657. The summed E-state index contributed by atoms with van der Waals surface area (Å²) in [5.74, 6) is 1.33. The Kier molecular flexibility index (Phi) is 13.8. The first-order valence-corrected chi connectivity index (χ1v) is 16.8. The van der Waals surface area contributed by atoms with Gasteiger partial charge in [-0.3, -0.25) is 9.98 Å². The van der Waals surface area contributed by atoms with Crippen molar-refractivity contribution in [2.45, 2.75) is 119 Å². The lowest BCUT2D eigenvalue weighted by Gasteiger charge is -2.35. The number of hydrogen-bond donors (Lipinski definition) is 1. The van der Waals surface area contributed by atoms with Crippen LogP contribution in [0.4, 0.5) is 0 Å². The van der Waals surface area contributed by atoms with Gasteiger partial charge >= 0.3 is 0 Å². The van der Waals surface area contributed by atoms with Gasteiger partial charge in [-0.15, -0.1) is 0 Å². The highest BCUT2D eigenvalue weighted by Gasteiger charge is 2.22. The molecule has 3 aliphatic rings. The summed E-state index contributed by atoms with van der Waals surface area (Å²) in [6.45, 7) is 22.9. The molecule has 0 aromatic rings. The van der Waals surface area contributed by atoms with E-state index in [1.165, 1.54) is 81.2 Å². The van der Waals surface area contributed by atoms with Crippen LogP contribution in [0.5, 0.6) is 0 Å². The Labute approximate surface area is 258 Å². The molecule has 42 heavy (non-hydrogen) atoms. The fourth-order valence-corrected chi connectivity index (χ4v) is 5.98. The second-order valence-electron chi connectivity index (χ2n) is 13.0. The molecular formula is C38H60N4. The van der Waals surface area contributed by atoms with Crippen molar-refractivity contribution in [3.05, 3.63) is 70.1 Å².